The van der Waals surface area contributed by atoms with Crippen LogP contribution in [0, 0.1) is 0 Å². The Morgan fingerprint density at radius 3 is 2.69 bits per heavy atom. The largest absolute Gasteiger partial charge is 0.463 e. The van der Waals surface area contributed by atoms with Crippen LogP contribution in [-0.2, 0) is 6.54 Å². The van der Waals surface area contributed by atoms with Crippen molar-refractivity contribution in [1.82, 2.24) is 20.0 Å². The number of nitrogens with one attached hydrogen (secondary N) is 1. The summed E-state index contributed by atoms with van der Waals surface area (Å²) < 4.78 is 5.32. The average Bonchev–Trinajstić information content (AvgIpc) is 3.35. The van der Waals surface area contributed by atoms with E-state index in [-0.39, 0.29) is 5.91 Å². The third-order valence-electron chi connectivity index (χ3n) is 4.59. The molecule has 0 bridgehead atoms. The Morgan fingerprint density at radius 1 is 1.15 bits per heavy atom. The molecule has 1 aliphatic heterocycles. The first-order valence-corrected chi connectivity index (χ1v) is 8.93. The maximum absolute atomic E-state index is 12.7. The Labute approximate surface area is 156 Å². The summed E-state index contributed by atoms with van der Waals surface area (Å²) >= 11 is 6.24. The van der Waals surface area contributed by atoms with Crippen LogP contribution in [0.4, 0.5) is 0 Å². The van der Waals surface area contributed by atoms with Crippen LogP contribution < -0.4 is 0 Å². The van der Waals surface area contributed by atoms with Gasteiger partial charge in [-0.15, -0.1) is 0 Å². The van der Waals surface area contributed by atoms with Crippen LogP contribution in [0.15, 0.2) is 53.1 Å². The molecule has 7 heteroatoms. The number of carbonyl (C=O) groups is 1. The van der Waals surface area contributed by atoms with E-state index in [9.17, 15) is 4.79 Å². The third-order valence-corrected chi connectivity index (χ3v) is 4.96. The first kappa shape index (κ1) is 16.9. The number of H-pyrrole nitrogens is 1. The molecule has 0 aliphatic carbocycles. The monoisotopic (exact) mass is 370 g/mol. The summed E-state index contributed by atoms with van der Waals surface area (Å²) in [5, 5.41) is 7.78. The summed E-state index contributed by atoms with van der Waals surface area (Å²) in [7, 11) is 0. The summed E-state index contributed by atoms with van der Waals surface area (Å²) in [5.41, 5.74) is 2.23. The lowest BCUT2D eigenvalue weighted by atomic mass is 10.2. The number of aromatic amines is 1. The Hall–Kier alpha value is -2.57. The van der Waals surface area contributed by atoms with Crippen molar-refractivity contribution >= 4 is 17.5 Å². The van der Waals surface area contributed by atoms with Gasteiger partial charge in [0.25, 0.3) is 5.91 Å². The summed E-state index contributed by atoms with van der Waals surface area (Å²) in [6.45, 7) is 3.77. The highest BCUT2D eigenvalue weighted by atomic mass is 35.5. The molecule has 0 saturated carbocycles. The number of carbonyl (C=O) groups excluding carboxylic acids is 1. The van der Waals surface area contributed by atoms with Crippen molar-refractivity contribution < 1.29 is 9.21 Å². The lowest BCUT2D eigenvalue weighted by Gasteiger charge is -2.34. The van der Waals surface area contributed by atoms with Crippen LogP contribution in [0.1, 0.15) is 16.1 Å². The highest BCUT2D eigenvalue weighted by Gasteiger charge is 2.24. The van der Waals surface area contributed by atoms with Crippen molar-refractivity contribution in [2.75, 3.05) is 26.2 Å². The van der Waals surface area contributed by atoms with Gasteiger partial charge in [-0.1, -0.05) is 29.8 Å². The van der Waals surface area contributed by atoms with E-state index in [1.165, 1.54) is 0 Å². The standard InChI is InChI=1S/C19H19ClN4O2/c20-15-5-2-1-4-14(15)13-23-7-9-24(10-8-23)19(25)17-12-16(21-22-17)18-6-3-11-26-18/h1-6,11-12H,7-10,13H2,(H,21,22). The number of piperazine rings is 1. The van der Waals surface area contributed by atoms with Crippen LogP contribution in [0.25, 0.3) is 11.5 Å². The number of aromatic nitrogens is 2. The molecule has 4 rings (SSSR count). The highest BCUT2D eigenvalue weighted by molar-refractivity contribution is 6.31. The summed E-state index contributed by atoms with van der Waals surface area (Å²) in [6, 6.07) is 13.2. The van der Waals surface area contributed by atoms with E-state index in [1.807, 2.05) is 35.2 Å². The van der Waals surface area contributed by atoms with Crippen molar-refractivity contribution in [2.45, 2.75) is 6.54 Å². The zero-order valence-corrected chi connectivity index (χ0v) is 14.9. The second-order valence-electron chi connectivity index (χ2n) is 6.30. The van der Waals surface area contributed by atoms with Gasteiger partial charge >= 0.3 is 0 Å². The summed E-state index contributed by atoms with van der Waals surface area (Å²) in [4.78, 5) is 16.8. The van der Waals surface area contributed by atoms with Gasteiger partial charge < -0.3 is 9.32 Å². The molecular formula is C19H19ClN4O2. The van der Waals surface area contributed by atoms with E-state index >= 15 is 0 Å². The van der Waals surface area contributed by atoms with Gasteiger partial charge in [-0.05, 0) is 23.8 Å². The normalized spacial score (nSPS) is 15.3. The third kappa shape index (κ3) is 3.52. The molecule has 2 aromatic heterocycles. The number of hydrogen-bond donors (Lipinski definition) is 1. The zero-order chi connectivity index (χ0) is 17.9. The van der Waals surface area contributed by atoms with E-state index in [1.54, 1.807) is 18.4 Å². The molecule has 1 aliphatic rings. The van der Waals surface area contributed by atoms with E-state index in [0.29, 0.717) is 30.2 Å². The lowest BCUT2D eigenvalue weighted by Crippen LogP contribution is -2.48. The molecule has 0 spiro atoms. The molecule has 134 valence electrons. The first-order chi connectivity index (χ1) is 12.7. The Morgan fingerprint density at radius 2 is 1.96 bits per heavy atom. The molecule has 1 saturated heterocycles. The van der Waals surface area contributed by atoms with Gasteiger partial charge in [-0.25, -0.2) is 0 Å². The number of halogens is 1. The maximum atomic E-state index is 12.7. The van der Waals surface area contributed by atoms with Crippen LogP contribution >= 0.6 is 11.6 Å². The molecule has 0 unspecified atom stereocenters. The van der Waals surface area contributed by atoms with Crippen molar-refractivity contribution in [1.29, 1.82) is 0 Å². The predicted octanol–water partition coefficient (Wildman–Crippen LogP) is 3.28. The van der Waals surface area contributed by atoms with Gasteiger partial charge in [0.2, 0.25) is 0 Å². The fourth-order valence-corrected chi connectivity index (χ4v) is 3.32. The van der Waals surface area contributed by atoms with Gasteiger partial charge in [0, 0.05) is 43.8 Å². The SMILES string of the molecule is O=C(c1cc(-c2ccco2)[nH]n1)N1CCN(Cc2ccccc2Cl)CC1. The molecule has 3 heterocycles. The fourth-order valence-electron chi connectivity index (χ4n) is 3.13. The Balaban J connectivity index is 1.36. The van der Waals surface area contributed by atoms with E-state index in [0.717, 1.165) is 30.2 Å². The van der Waals surface area contributed by atoms with E-state index in [4.69, 9.17) is 16.0 Å². The minimum atomic E-state index is -0.0588. The summed E-state index contributed by atoms with van der Waals surface area (Å²) in [6.07, 6.45) is 1.59. The quantitative estimate of drug-likeness (QED) is 0.765. The molecule has 1 aromatic carbocycles. The topological polar surface area (TPSA) is 65.4 Å². The number of furan rings is 1. The molecule has 1 N–H and O–H groups in total. The van der Waals surface area contributed by atoms with Gasteiger partial charge in [-0.2, -0.15) is 5.10 Å². The van der Waals surface area contributed by atoms with Gasteiger partial charge in [0.1, 0.15) is 5.69 Å². The van der Waals surface area contributed by atoms with Crippen molar-refractivity contribution in [3.05, 3.63) is 65.0 Å². The number of benzene rings is 1. The average molecular weight is 371 g/mol. The van der Waals surface area contributed by atoms with Gasteiger partial charge in [0.05, 0.1) is 6.26 Å². The first-order valence-electron chi connectivity index (χ1n) is 8.55. The van der Waals surface area contributed by atoms with Crippen molar-refractivity contribution in [3.63, 3.8) is 0 Å². The van der Waals surface area contributed by atoms with E-state index in [2.05, 4.69) is 15.1 Å². The highest BCUT2D eigenvalue weighted by Crippen LogP contribution is 2.20. The van der Waals surface area contributed by atoms with Crippen LogP contribution in [0.3, 0.4) is 0 Å². The second-order valence-corrected chi connectivity index (χ2v) is 6.71. The smallest absolute Gasteiger partial charge is 0.274 e. The maximum Gasteiger partial charge on any atom is 0.274 e. The molecule has 0 radical (unpaired) electrons. The minimum Gasteiger partial charge on any atom is -0.463 e. The molecule has 3 aromatic rings. The molecule has 6 nitrogen and oxygen atoms in total. The Kier molecular flexibility index (Phi) is 4.77. The van der Waals surface area contributed by atoms with Crippen molar-refractivity contribution in [2.24, 2.45) is 0 Å². The molecule has 1 fully saturated rings. The van der Waals surface area contributed by atoms with Gasteiger partial charge in [-0.3, -0.25) is 14.8 Å². The molecule has 0 atom stereocenters. The lowest BCUT2D eigenvalue weighted by molar-refractivity contribution is 0.0622. The Bertz CT molecular complexity index is 883. The predicted molar refractivity (Wildman–Crippen MR) is 98.9 cm³/mol. The fraction of sp³-hybridized carbons (Fsp3) is 0.263. The second kappa shape index (κ2) is 7.35. The van der Waals surface area contributed by atoms with Crippen molar-refractivity contribution in [3.8, 4) is 11.5 Å². The number of amides is 1. The number of nitrogens with zero attached hydrogens (tertiary/aromatic N) is 3. The van der Waals surface area contributed by atoms with Gasteiger partial charge in [0.15, 0.2) is 11.5 Å². The molecular weight excluding hydrogens is 352 g/mol. The number of rotatable bonds is 4. The minimum absolute atomic E-state index is 0.0588. The zero-order valence-electron chi connectivity index (χ0n) is 14.2. The van der Waals surface area contributed by atoms with E-state index < -0.39 is 0 Å². The van der Waals surface area contributed by atoms with Crippen LogP contribution in [0.5, 0.6) is 0 Å². The number of hydrogen-bond acceptors (Lipinski definition) is 4. The summed E-state index contributed by atoms with van der Waals surface area (Å²) in [5.74, 6) is 0.609. The molecule has 1 amide bonds. The van der Waals surface area contributed by atoms with Crippen LogP contribution in [-0.4, -0.2) is 52.1 Å². The van der Waals surface area contributed by atoms with Crippen LogP contribution in [0.2, 0.25) is 5.02 Å². The molecule has 26 heavy (non-hydrogen) atoms.